The van der Waals surface area contributed by atoms with Crippen LogP contribution in [0.4, 0.5) is 0 Å². The SMILES string of the molecule is COC(=O)C(C)c1c(C)nn(-c2ccccc2OC)c1C. The minimum atomic E-state index is -0.349. The van der Waals surface area contributed by atoms with Gasteiger partial charge in [-0.05, 0) is 32.9 Å². The van der Waals surface area contributed by atoms with E-state index >= 15 is 0 Å². The van der Waals surface area contributed by atoms with Gasteiger partial charge in [0, 0.05) is 11.3 Å². The maximum Gasteiger partial charge on any atom is 0.312 e. The van der Waals surface area contributed by atoms with Crippen molar-refractivity contribution in [3.8, 4) is 11.4 Å². The lowest BCUT2D eigenvalue weighted by Gasteiger charge is -2.12. The fraction of sp³-hybridized carbons (Fsp3) is 0.375. The molecule has 1 atom stereocenters. The van der Waals surface area contributed by atoms with Crippen molar-refractivity contribution < 1.29 is 14.3 Å². The Hall–Kier alpha value is -2.30. The average Bonchev–Trinajstić information content (AvgIpc) is 2.80. The molecule has 0 aliphatic heterocycles. The Bertz CT molecular complexity index is 662. The fourth-order valence-electron chi connectivity index (χ4n) is 2.62. The van der Waals surface area contributed by atoms with E-state index in [0.29, 0.717) is 0 Å². The van der Waals surface area contributed by atoms with Gasteiger partial charge < -0.3 is 9.47 Å². The summed E-state index contributed by atoms with van der Waals surface area (Å²) >= 11 is 0. The lowest BCUT2D eigenvalue weighted by atomic mass is 9.99. The van der Waals surface area contributed by atoms with Crippen molar-refractivity contribution in [2.75, 3.05) is 14.2 Å². The van der Waals surface area contributed by atoms with Gasteiger partial charge in [-0.3, -0.25) is 4.79 Å². The lowest BCUT2D eigenvalue weighted by Crippen LogP contribution is -2.12. The Balaban J connectivity index is 2.56. The van der Waals surface area contributed by atoms with Gasteiger partial charge in [0.2, 0.25) is 0 Å². The summed E-state index contributed by atoms with van der Waals surface area (Å²) < 4.78 is 12.0. The number of benzene rings is 1. The molecule has 1 aromatic carbocycles. The zero-order valence-corrected chi connectivity index (χ0v) is 13.0. The second-order valence-corrected chi connectivity index (χ2v) is 4.91. The molecule has 0 saturated heterocycles. The van der Waals surface area contributed by atoms with Gasteiger partial charge in [0.05, 0.1) is 25.8 Å². The summed E-state index contributed by atoms with van der Waals surface area (Å²) in [6, 6.07) is 7.66. The molecule has 0 aliphatic carbocycles. The molecular weight excluding hydrogens is 268 g/mol. The van der Waals surface area contributed by atoms with E-state index in [1.165, 1.54) is 7.11 Å². The van der Waals surface area contributed by atoms with Crippen molar-refractivity contribution in [2.24, 2.45) is 0 Å². The number of carbonyl (C=O) groups excluding carboxylic acids is 1. The third kappa shape index (κ3) is 2.63. The van der Waals surface area contributed by atoms with Crippen LogP contribution in [0.5, 0.6) is 5.75 Å². The highest BCUT2D eigenvalue weighted by Gasteiger charge is 2.24. The zero-order chi connectivity index (χ0) is 15.6. The summed E-state index contributed by atoms with van der Waals surface area (Å²) in [6.07, 6.45) is 0. The van der Waals surface area contributed by atoms with Gasteiger partial charge in [-0.1, -0.05) is 12.1 Å². The van der Waals surface area contributed by atoms with Crippen molar-refractivity contribution >= 4 is 5.97 Å². The Morgan fingerprint density at radius 1 is 1.24 bits per heavy atom. The van der Waals surface area contributed by atoms with Gasteiger partial charge in [0.1, 0.15) is 11.4 Å². The largest absolute Gasteiger partial charge is 0.494 e. The maximum absolute atomic E-state index is 11.8. The summed E-state index contributed by atoms with van der Waals surface area (Å²) in [5, 5.41) is 4.56. The van der Waals surface area contributed by atoms with E-state index in [4.69, 9.17) is 9.47 Å². The standard InChI is InChI=1S/C16H20N2O3/c1-10(16(19)21-5)15-11(2)17-18(12(15)3)13-8-6-7-9-14(13)20-4/h6-10H,1-5H3. The molecule has 2 aromatic rings. The van der Waals surface area contributed by atoms with Crippen LogP contribution in [0.25, 0.3) is 5.69 Å². The summed E-state index contributed by atoms with van der Waals surface area (Å²) in [5.74, 6) is 0.125. The fourth-order valence-corrected chi connectivity index (χ4v) is 2.62. The molecule has 1 heterocycles. The minimum absolute atomic E-state index is 0.263. The van der Waals surface area contributed by atoms with Crippen LogP contribution >= 0.6 is 0 Å². The van der Waals surface area contributed by atoms with Crippen molar-refractivity contribution in [3.05, 3.63) is 41.2 Å². The number of methoxy groups -OCH3 is 2. The first-order chi connectivity index (χ1) is 10.0. The first kappa shape index (κ1) is 15.1. The number of esters is 1. The highest BCUT2D eigenvalue weighted by atomic mass is 16.5. The highest BCUT2D eigenvalue weighted by molar-refractivity contribution is 5.78. The molecule has 112 valence electrons. The van der Waals surface area contributed by atoms with Gasteiger partial charge in [0.25, 0.3) is 0 Å². The summed E-state index contributed by atoms with van der Waals surface area (Å²) in [5.41, 5.74) is 3.47. The van der Waals surface area contributed by atoms with E-state index < -0.39 is 0 Å². The number of nitrogens with zero attached hydrogens (tertiary/aromatic N) is 2. The molecule has 0 saturated carbocycles. The van der Waals surface area contributed by atoms with E-state index in [-0.39, 0.29) is 11.9 Å². The van der Waals surface area contributed by atoms with Crippen molar-refractivity contribution in [1.29, 1.82) is 0 Å². The molecule has 21 heavy (non-hydrogen) atoms. The molecule has 5 heteroatoms. The van der Waals surface area contributed by atoms with Crippen LogP contribution in [-0.4, -0.2) is 30.0 Å². The summed E-state index contributed by atoms with van der Waals surface area (Å²) in [6.45, 7) is 5.67. The summed E-state index contributed by atoms with van der Waals surface area (Å²) in [4.78, 5) is 11.8. The molecule has 0 spiro atoms. The van der Waals surface area contributed by atoms with Crippen LogP contribution in [0.15, 0.2) is 24.3 Å². The molecule has 0 fully saturated rings. The normalized spacial score (nSPS) is 12.0. The third-order valence-corrected chi connectivity index (χ3v) is 3.65. The van der Waals surface area contributed by atoms with Gasteiger partial charge in [0.15, 0.2) is 0 Å². The first-order valence-corrected chi connectivity index (χ1v) is 6.78. The van der Waals surface area contributed by atoms with Gasteiger partial charge in [-0.2, -0.15) is 5.10 Å². The van der Waals surface area contributed by atoms with Crippen LogP contribution < -0.4 is 4.74 Å². The molecule has 0 aliphatic rings. The topological polar surface area (TPSA) is 53.3 Å². The van der Waals surface area contributed by atoms with E-state index in [1.807, 2.05) is 49.7 Å². The average molecular weight is 288 g/mol. The summed E-state index contributed by atoms with van der Waals surface area (Å²) in [7, 11) is 3.02. The molecular formula is C16H20N2O3. The number of ether oxygens (including phenoxy) is 2. The molecule has 1 aromatic heterocycles. The van der Waals surface area contributed by atoms with Crippen molar-refractivity contribution in [2.45, 2.75) is 26.7 Å². The quantitative estimate of drug-likeness (QED) is 0.812. The molecule has 1 unspecified atom stereocenters. The Morgan fingerprint density at radius 3 is 2.52 bits per heavy atom. The van der Waals surface area contributed by atoms with Crippen LogP contribution in [-0.2, 0) is 9.53 Å². The molecule has 0 radical (unpaired) electrons. The van der Waals surface area contributed by atoms with E-state index in [9.17, 15) is 4.79 Å². The van der Waals surface area contributed by atoms with E-state index in [1.54, 1.807) is 7.11 Å². The van der Waals surface area contributed by atoms with Crippen molar-refractivity contribution in [1.82, 2.24) is 9.78 Å². The van der Waals surface area contributed by atoms with E-state index in [0.717, 1.165) is 28.4 Å². The molecule has 0 amide bonds. The number of aromatic nitrogens is 2. The molecule has 2 rings (SSSR count). The second kappa shape index (κ2) is 5.99. The smallest absolute Gasteiger partial charge is 0.312 e. The van der Waals surface area contributed by atoms with Crippen molar-refractivity contribution in [3.63, 3.8) is 0 Å². The Morgan fingerprint density at radius 2 is 1.90 bits per heavy atom. The van der Waals surface area contributed by atoms with Gasteiger partial charge in [-0.25, -0.2) is 4.68 Å². The first-order valence-electron chi connectivity index (χ1n) is 6.78. The van der Waals surface area contributed by atoms with Gasteiger partial charge in [-0.15, -0.1) is 0 Å². The Kier molecular flexibility index (Phi) is 4.31. The number of aryl methyl sites for hydroxylation is 1. The third-order valence-electron chi connectivity index (χ3n) is 3.65. The molecule has 5 nitrogen and oxygen atoms in total. The van der Waals surface area contributed by atoms with E-state index in [2.05, 4.69) is 5.10 Å². The predicted molar refractivity (Wildman–Crippen MR) is 80.0 cm³/mol. The Labute approximate surface area is 124 Å². The van der Waals surface area contributed by atoms with Gasteiger partial charge >= 0.3 is 5.97 Å². The predicted octanol–water partition coefficient (Wildman–Crippen LogP) is 2.77. The highest BCUT2D eigenvalue weighted by Crippen LogP contribution is 2.29. The maximum atomic E-state index is 11.8. The minimum Gasteiger partial charge on any atom is -0.494 e. The van der Waals surface area contributed by atoms with Crippen LogP contribution in [0.3, 0.4) is 0 Å². The number of hydrogen-bond acceptors (Lipinski definition) is 4. The molecule has 0 N–H and O–H groups in total. The van der Waals surface area contributed by atoms with Crippen LogP contribution in [0.1, 0.15) is 29.8 Å². The molecule has 0 bridgehead atoms. The van der Waals surface area contributed by atoms with Crippen LogP contribution in [0, 0.1) is 13.8 Å². The number of para-hydroxylation sites is 2. The zero-order valence-electron chi connectivity index (χ0n) is 13.0. The lowest BCUT2D eigenvalue weighted by molar-refractivity contribution is -0.142. The number of carbonyl (C=O) groups is 1. The number of rotatable bonds is 4. The second-order valence-electron chi connectivity index (χ2n) is 4.91. The number of hydrogen-bond donors (Lipinski definition) is 0. The van der Waals surface area contributed by atoms with Crippen LogP contribution in [0.2, 0.25) is 0 Å². The monoisotopic (exact) mass is 288 g/mol.